The topological polar surface area (TPSA) is 89.2 Å². The van der Waals surface area contributed by atoms with Gasteiger partial charge in [-0.15, -0.1) is 0 Å². The van der Waals surface area contributed by atoms with E-state index in [2.05, 4.69) is 35.4 Å². The Morgan fingerprint density at radius 3 is 2.54 bits per heavy atom. The third-order valence-corrected chi connectivity index (χ3v) is 6.10. The van der Waals surface area contributed by atoms with Gasteiger partial charge < -0.3 is 25.4 Å². The molecule has 8 nitrogen and oxygen atoms in total. The van der Waals surface area contributed by atoms with Crippen LogP contribution in [0.4, 0.5) is 40.6 Å². The number of rotatable bonds is 9. The highest BCUT2D eigenvalue weighted by Crippen LogP contribution is 2.39. The number of anilines is 4. The van der Waals surface area contributed by atoms with Gasteiger partial charge in [-0.3, -0.25) is 4.79 Å². The van der Waals surface area contributed by atoms with Crippen molar-refractivity contribution in [2.75, 3.05) is 49.3 Å². The third-order valence-electron chi connectivity index (χ3n) is 6.10. The Bertz CT molecular complexity index is 1480. The summed E-state index contributed by atoms with van der Waals surface area (Å²) in [5.74, 6) is -0.941. The lowest BCUT2D eigenvalue weighted by molar-refractivity contribution is -0.137. The van der Waals surface area contributed by atoms with Gasteiger partial charge >= 0.3 is 6.18 Å². The number of alkyl halides is 3. The second-order valence-electron chi connectivity index (χ2n) is 9.27. The number of nitrogens with zero attached hydrogens (tertiary/aromatic N) is 4. The number of carbonyl (C=O) groups excluding carboxylic acids is 1. The van der Waals surface area contributed by atoms with Crippen molar-refractivity contribution in [2.45, 2.75) is 20.0 Å². The predicted octanol–water partition coefficient (Wildman–Crippen LogP) is 5.87. The van der Waals surface area contributed by atoms with Crippen LogP contribution in [-0.4, -0.2) is 59.5 Å². The summed E-state index contributed by atoms with van der Waals surface area (Å²) in [6.07, 6.45) is -2.67. The highest BCUT2D eigenvalue weighted by molar-refractivity contribution is 5.96. The van der Waals surface area contributed by atoms with Gasteiger partial charge in [-0.25, -0.2) is 14.4 Å². The number of H-pyrrole nitrogens is 1. The SMILES string of the molecule is CCN(CCN(C)C)c1ccc(Nc2ncc(C(F)(F)F)c(-c3c[nH]c4ccc(F)cc34)n2)cc1NC(C)=O. The molecule has 206 valence electrons. The van der Waals surface area contributed by atoms with Gasteiger partial charge in [0, 0.05) is 61.1 Å². The van der Waals surface area contributed by atoms with E-state index >= 15 is 0 Å². The van der Waals surface area contributed by atoms with Crippen LogP contribution in [0.5, 0.6) is 0 Å². The molecule has 0 radical (unpaired) electrons. The molecule has 0 fully saturated rings. The van der Waals surface area contributed by atoms with Crippen LogP contribution in [0.1, 0.15) is 19.4 Å². The van der Waals surface area contributed by atoms with Crippen molar-refractivity contribution in [2.24, 2.45) is 0 Å². The first-order chi connectivity index (χ1) is 18.5. The molecule has 4 aromatic rings. The monoisotopic (exact) mass is 543 g/mol. The van der Waals surface area contributed by atoms with Crippen molar-refractivity contribution in [3.8, 4) is 11.3 Å². The minimum atomic E-state index is -4.73. The number of benzene rings is 2. The van der Waals surface area contributed by atoms with Gasteiger partial charge in [0.25, 0.3) is 0 Å². The smallest absolute Gasteiger partial charge is 0.369 e. The van der Waals surface area contributed by atoms with Crippen molar-refractivity contribution < 1.29 is 22.4 Å². The maximum atomic E-state index is 13.9. The van der Waals surface area contributed by atoms with Crippen LogP contribution in [0.15, 0.2) is 48.8 Å². The summed E-state index contributed by atoms with van der Waals surface area (Å²) in [4.78, 5) is 27.0. The first-order valence-corrected chi connectivity index (χ1v) is 12.3. The zero-order valence-electron chi connectivity index (χ0n) is 21.9. The normalized spacial score (nSPS) is 11.7. The molecule has 2 heterocycles. The van der Waals surface area contributed by atoms with Gasteiger partial charge in [0.2, 0.25) is 11.9 Å². The van der Waals surface area contributed by atoms with Crippen molar-refractivity contribution in [1.29, 1.82) is 0 Å². The second-order valence-corrected chi connectivity index (χ2v) is 9.27. The summed E-state index contributed by atoms with van der Waals surface area (Å²) >= 11 is 0. The molecule has 0 saturated heterocycles. The lowest BCUT2D eigenvalue weighted by Crippen LogP contribution is -2.32. The largest absolute Gasteiger partial charge is 0.419 e. The minimum Gasteiger partial charge on any atom is -0.369 e. The van der Waals surface area contributed by atoms with Crippen LogP contribution in [0.3, 0.4) is 0 Å². The number of amides is 1. The number of aromatic nitrogens is 3. The number of nitrogens with one attached hydrogen (secondary N) is 3. The number of likely N-dealkylation sites (N-methyl/N-ethyl adjacent to an activating group) is 2. The Hall–Kier alpha value is -4.19. The summed E-state index contributed by atoms with van der Waals surface area (Å²) in [5, 5.41) is 6.03. The summed E-state index contributed by atoms with van der Waals surface area (Å²) in [5.41, 5.74) is 0.918. The third kappa shape index (κ3) is 6.45. The molecule has 4 rings (SSSR count). The molecule has 1 amide bonds. The molecular formula is C27H29F4N7O. The van der Waals surface area contributed by atoms with Gasteiger partial charge in [-0.1, -0.05) is 0 Å². The van der Waals surface area contributed by atoms with Gasteiger partial charge in [0.15, 0.2) is 0 Å². The van der Waals surface area contributed by atoms with Crippen molar-refractivity contribution in [1.82, 2.24) is 19.9 Å². The zero-order valence-corrected chi connectivity index (χ0v) is 21.9. The molecule has 0 aliphatic carbocycles. The molecular weight excluding hydrogens is 514 g/mol. The van der Waals surface area contributed by atoms with Gasteiger partial charge in [-0.2, -0.15) is 13.2 Å². The van der Waals surface area contributed by atoms with E-state index < -0.39 is 23.3 Å². The number of hydrogen-bond acceptors (Lipinski definition) is 6. The standard InChI is InChI=1S/C27H29F4N7O/c1-5-38(11-10-37(3)4)24-9-7-18(13-23(24)34-16(2)39)35-26-33-15-21(27(29,30)31)25(36-26)20-14-32-22-8-6-17(28)12-19(20)22/h6-9,12-15,32H,5,10-11H2,1-4H3,(H,34,39)(H,33,35,36). The highest BCUT2D eigenvalue weighted by atomic mass is 19.4. The highest BCUT2D eigenvalue weighted by Gasteiger charge is 2.36. The van der Waals surface area contributed by atoms with E-state index in [0.29, 0.717) is 29.6 Å². The average molecular weight is 544 g/mol. The van der Waals surface area contributed by atoms with Gasteiger partial charge in [-0.05, 0) is 57.4 Å². The number of aromatic amines is 1. The Balaban J connectivity index is 1.73. The van der Waals surface area contributed by atoms with E-state index in [0.717, 1.165) is 24.8 Å². The van der Waals surface area contributed by atoms with Crippen molar-refractivity contribution in [3.05, 3.63) is 60.2 Å². The predicted molar refractivity (Wildman–Crippen MR) is 145 cm³/mol. The summed E-state index contributed by atoms with van der Waals surface area (Å²) < 4.78 is 55.6. The first-order valence-electron chi connectivity index (χ1n) is 12.3. The van der Waals surface area contributed by atoms with E-state index in [1.165, 1.54) is 25.3 Å². The summed E-state index contributed by atoms with van der Waals surface area (Å²) in [6.45, 7) is 5.62. The number of fused-ring (bicyclic) bond motifs is 1. The first kappa shape index (κ1) is 27.8. The zero-order chi connectivity index (χ0) is 28.3. The Labute approximate surface area is 223 Å². The minimum absolute atomic E-state index is 0.0924. The molecule has 0 saturated carbocycles. The molecule has 0 aliphatic rings. The summed E-state index contributed by atoms with van der Waals surface area (Å²) in [6, 6.07) is 9.06. The van der Waals surface area contributed by atoms with Crippen LogP contribution >= 0.6 is 0 Å². The lowest BCUT2D eigenvalue weighted by atomic mass is 10.1. The quantitative estimate of drug-likeness (QED) is 0.229. The molecule has 39 heavy (non-hydrogen) atoms. The van der Waals surface area contributed by atoms with Crippen LogP contribution in [-0.2, 0) is 11.0 Å². The number of halogens is 4. The second kappa shape index (κ2) is 11.3. The maximum Gasteiger partial charge on any atom is 0.419 e. The van der Waals surface area contributed by atoms with Gasteiger partial charge in [0.05, 0.1) is 17.1 Å². The molecule has 2 aromatic heterocycles. The van der Waals surface area contributed by atoms with Crippen molar-refractivity contribution >= 4 is 39.8 Å². The van der Waals surface area contributed by atoms with Crippen LogP contribution < -0.4 is 15.5 Å². The number of carbonyl (C=O) groups is 1. The summed E-state index contributed by atoms with van der Waals surface area (Å²) in [7, 11) is 3.95. The Morgan fingerprint density at radius 1 is 1.10 bits per heavy atom. The van der Waals surface area contributed by atoms with E-state index in [-0.39, 0.29) is 22.8 Å². The Morgan fingerprint density at radius 2 is 1.87 bits per heavy atom. The molecule has 0 atom stereocenters. The molecule has 12 heteroatoms. The van der Waals surface area contributed by atoms with E-state index in [9.17, 15) is 22.4 Å². The fraction of sp³-hybridized carbons (Fsp3) is 0.296. The van der Waals surface area contributed by atoms with Crippen molar-refractivity contribution in [3.63, 3.8) is 0 Å². The molecule has 0 spiro atoms. The van der Waals surface area contributed by atoms with Crippen LogP contribution in [0.25, 0.3) is 22.2 Å². The molecule has 3 N–H and O–H groups in total. The average Bonchev–Trinajstić information content (AvgIpc) is 3.27. The lowest BCUT2D eigenvalue weighted by Gasteiger charge is -2.27. The van der Waals surface area contributed by atoms with E-state index in [4.69, 9.17) is 0 Å². The Kier molecular flexibility index (Phi) is 8.05. The fourth-order valence-electron chi connectivity index (χ4n) is 4.22. The maximum absolute atomic E-state index is 13.9. The van der Waals surface area contributed by atoms with Crippen LogP contribution in [0, 0.1) is 5.82 Å². The van der Waals surface area contributed by atoms with E-state index in [1.807, 2.05) is 27.1 Å². The number of hydrogen-bond donors (Lipinski definition) is 3. The molecule has 0 aliphatic heterocycles. The van der Waals surface area contributed by atoms with Crippen LogP contribution in [0.2, 0.25) is 0 Å². The fourth-order valence-corrected chi connectivity index (χ4v) is 4.22. The van der Waals surface area contributed by atoms with E-state index in [1.54, 1.807) is 12.1 Å². The molecule has 0 unspecified atom stereocenters. The molecule has 2 aromatic carbocycles. The van der Waals surface area contributed by atoms with Gasteiger partial charge in [0.1, 0.15) is 11.4 Å². The molecule has 0 bridgehead atoms.